The van der Waals surface area contributed by atoms with Crippen molar-refractivity contribution in [2.24, 2.45) is 11.8 Å². The van der Waals surface area contributed by atoms with Crippen LogP contribution in [0.2, 0.25) is 0 Å². The number of hydrogen-bond acceptors (Lipinski definition) is 5. The summed E-state index contributed by atoms with van der Waals surface area (Å²) in [5.41, 5.74) is 0. The van der Waals surface area contributed by atoms with Gasteiger partial charge in [-0.1, -0.05) is 12.8 Å². The molecule has 2 fully saturated rings. The van der Waals surface area contributed by atoms with Crippen LogP contribution in [-0.2, 0) is 23.9 Å². The van der Waals surface area contributed by atoms with Crippen molar-refractivity contribution in [3.63, 3.8) is 0 Å². The molecular weight excluding hydrogens is 278 g/mol. The SMILES string of the molecule is COC(=O)C1CN(C(=O)[C@@H]2CCCC[C@@H]2C(=O)O)CCO1. The van der Waals surface area contributed by atoms with Gasteiger partial charge in [0, 0.05) is 6.54 Å². The fourth-order valence-corrected chi connectivity index (χ4v) is 3.08. The Labute approximate surface area is 123 Å². The zero-order valence-corrected chi connectivity index (χ0v) is 12.1. The third-order valence-electron chi connectivity index (χ3n) is 4.24. The van der Waals surface area contributed by atoms with Crippen LogP contribution in [0.5, 0.6) is 0 Å². The second kappa shape index (κ2) is 6.89. The Morgan fingerprint density at radius 3 is 2.48 bits per heavy atom. The average Bonchev–Trinajstić information content (AvgIpc) is 2.53. The molecule has 7 nitrogen and oxygen atoms in total. The minimum atomic E-state index is -0.911. The predicted molar refractivity (Wildman–Crippen MR) is 71.4 cm³/mol. The number of amides is 1. The lowest BCUT2D eigenvalue weighted by molar-refractivity contribution is -0.166. The first kappa shape index (κ1) is 15.8. The van der Waals surface area contributed by atoms with Crippen LogP contribution >= 0.6 is 0 Å². The number of ether oxygens (including phenoxy) is 2. The predicted octanol–water partition coefficient (Wildman–Crippen LogP) is 0.278. The molecule has 0 aromatic rings. The van der Waals surface area contributed by atoms with Gasteiger partial charge < -0.3 is 19.5 Å². The lowest BCUT2D eigenvalue weighted by Crippen LogP contribution is -2.52. The smallest absolute Gasteiger partial charge is 0.336 e. The van der Waals surface area contributed by atoms with Crippen molar-refractivity contribution in [2.75, 3.05) is 26.8 Å². The summed E-state index contributed by atoms with van der Waals surface area (Å²) in [7, 11) is 1.27. The highest BCUT2D eigenvalue weighted by molar-refractivity contribution is 5.85. The number of carboxylic acids is 1. The van der Waals surface area contributed by atoms with Crippen LogP contribution in [0, 0.1) is 11.8 Å². The number of methoxy groups -OCH3 is 1. The maximum absolute atomic E-state index is 12.6. The van der Waals surface area contributed by atoms with Crippen molar-refractivity contribution in [2.45, 2.75) is 31.8 Å². The van der Waals surface area contributed by atoms with Crippen LogP contribution in [0.25, 0.3) is 0 Å². The molecule has 1 amide bonds. The van der Waals surface area contributed by atoms with E-state index >= 15 is 0 Å². The standard InChI is InChI=1S/C14H21NO6/c1-20-14(19)11-8-15(6-7-21-11)12(16)9-4-2-3-5-10(9)13(17)18/h9-11H,2-8H2,1H3,(H,17,18)/t9-,10+,11?/m1/s1. The monoisotopic (exact) mass is 299 g/mol. The molecule has 118 valence electrons. The highest BCUT2D eigenvalue weighted by Gasteiger charge is 2.40. The molecule has 0 radical (unpaired) electrons. The van der Waals surface area contributed by atoms with Crippen molar-refractivity contribution < 1.29 is 29.0 Å². The summed E-state index contributed by atoms with van der Waals surface area (Å²) < 4.78 is 9.91. The summed E-state index contributed by atoms with van der Waals surface area (Å²) >= 11 is 0. The Bertz CT molecular complexity index is 424. The van der Waals surface area contributed by atoms with Gasteiger partial charge in [-0.15, -0.1) is 0 Å². The molecule has 1 aliphatic heterocycles. The van der Waals surface area contributed by atoms with E-state index in [1.165, 1.54) is 12.0 Å². The first-order chi connectivity index (χ1) is 10.0. The van der Waals surface area contributed by atoms with Crippen LogP contribution in [0.4, 0.5) is 0 Å². The third-order valence-corrected chi connectivity index (χ3v) is 4.24. The lowest BCUT2D eigenvalue weighted by atomic mass is 9.78. The Morgan fingerprint density at radius 1 is 1.19 bits per heavy atom. The van der Waals surface area contributed by atoms with E-state index < -0.39 is 29.9 Å². The van der Waals surface area contributed by atoms with Gasteiger partial charge in [0.1, 0.15) is 0 Å². The Hall–Kier alpha value is -1.63. The first-order valence-corrected chi connectivity index (χ1v) is 7.25. The van der Waals surface area contributed by atoms with Crippen LogP contribution in [0.3, 0.4) is 0 Å². The molecule has 0 spiro atoms. The molecule has 1 unspecified atom stereocenters. The molecule has 1 saturated carbocycles. The summed E-state index contributed by atoms with van der Waals surface area (Å²) in [6, 6.07) is 0. The van der Waals surface area contributed by atoms with E-state index in [1.54, 1.807) is 0 Å². The highest BCUT2D eigenvalue weighted by Crippen LogP contribution is 2.32. The number of carboxylic acid groups (broad SMARTS) is 1. The number of carbonyl (C=O) groups excluding carboxylic acids is 2. The molecule has 1 heterocycles. The second-order valence-electron chi connectivity index (χ2n) is 5.50. The molecule has 1 N–H and O–H groups in total. The van der Waals surface area contributed by atoms with Crippen molar-refractivity contribution in [3.8, 4) is 0 Å². The molecule has 3 atom stereocenters. The van der Waals surface area contributed by atoms with Crippen LogP contribution in [0.15, 0.2) is 0 Å². The normalized spacial score (nSPS) is 29.8. The van der Waals surface area contributed by atoms with Gasteiger partial charge in [0.25, 0.3) is 0 Å². The van der Waals surface area contributed by atoms with Crippen molar-refractivity contribution in [1.82, 2.24) is 4.90 Å². The van der Waals surface area contributed by atoms with Gasteiger partial charge in [0.05, 0.1) is 32.1 Å². The van der Waals surface area contributed by atoms with Crippen LogP contribution in [0.1, 0.15) is 25.7 Å². The fraction of sp³-hybridized carbons (Fsp3) is 0.786. The summed E-state index contributed by atoms with van der Waals surface area (Å²) in [5.74, 6) is -2.71. The quantitative estimate of drug-likeness (QED) is 0.752. The number of esters is 1. The highest BCUT2D eigenvalue weighted by atomic mass is 16.6. The number of carbonyl (C=O) groups is 3. The fourth-order valence-electron chi connectivity index (χ4n) is 3.08. The molecule has 7 heteroatoms. The third kappa shape index (κ3) is 3.53. The van der Waals surface area contributed by atoms with Gasteiger partial charge in [0.15, 0.2) is 6.10 Å². The molecule has 0 aromatic carbocycles. The van der Waals surface area contributed by atoms with Gasteiger partial charge in [-0.05, 0) is 12.8 Å². The van der Waals surface area contributed by atoms with E-state index in [2.05, 4.69) is 4.74 Å². The summed E-state index contributed by atoms with van der Waals surface area (Å²) in [4.78, 5) is 36.9. The van der Waals surface area contributed by atoms with Crippen LogP contribution < -0.4 is 0 Å². The molecule has 1 saturated heterocycles. The molecule has 0 bridgehead atoms. The van der Waals surface area contributed by atoms with Gasteiger partial charge >= 0.3 is 11.9 Å². The summed E-state index contributed by atoms with van der Waals surface area (Å²) in [6.07, 6.45) is 2.06. The molecular formula is C14H21NO6. The minimum absolute atomic E-state index is 0.133. The van der Waals surface area contributed by atoms with Crippen molar-refractivity contribution in [3.05, 3.63) is 0 Å². The molecule has 0 aromatic heterocycles. The van der Waals surface area contributed by atoms with E-state index in [-0.39, 0.29) is 19.1 Å². The largest absolute Gasteiger partial charge is 0.481 e. The van der Waals surface area contributed by atoms with E-state index in [4.69, 9.17) is 4.74 Å². The van der Waals surface area contributed by atoms with E-state index in [1.807, 2.05) is 0 Å². The first-order valence-electron chi connectivity index (χ1n) is 7.25. The molecule has 1 aliphatic carbocycles. The summed E-state index contributed by atoms with van der Waals surface area (Å²) in [5, 5.41) is 9.26. The van der Waals surface area contributed by atoms with Gasteiger partial charge in [-0.2, -0.15) is 0 Å². The van der Waals surface area contributed by atoms with Crippen molar-refractivity contribution >= 4 is 17.8 Å². The minimum Gasteiger partial charge on any atom is -0.481 e. The Morgan fingerprint density at radius 2 is 1.86 bits per heavy atom. The number of morpholine rings is 1. The zero-order valence-electron chi connectivity index (χ0n) is 12.1. The van der Waals surface area contributed by atoms with E-state index in [0.717, 1.165) is 12.8 Å². The number of aliphatic carboxylic acids is 1. The maximum atomic E-state index is 12.6. The second-order valence-corrected chi connectivity index (χ2v) is 5.50. The van der Waals surface area contributed by atoms with Crippen LogP contribution in [-0.4, -0.2) is 60.8 Å². The number of nitrogens with zero attached hydrogens (tertiary/aromatic N) is 1. The molecule has 2 aliphatic rings. The Balaban J connectivity index is 2.04. The van der Waals surface area contributed by atoms with E-state index in [9.17, 15) is 19.5 Å². The van der Waals surface area contributed by atoms with E-state index in [0.29, 0.717) is 19.4 Å². The zero-order chi connectivity index (χ0) is 15.4. The molecule has 2 rings (SSSR count). The lowest BCUT2D eigenvalue weighted by Gasteiger charge is -2.36. The van der Waals surface area contributed by atoms with Gasteiger partial charge in [0.2, 0.25) is 5.91 Å². The topological polar surface area (TPSA) is 93.1 Å². The van der Waals surface area contributed by atoms with Crippen molar-refractivity contribution in [1.29, 1.82) is 0 Å². The number of rotatable bonds is 3. The van der Waals surface area contributed by atoms with Gasteiger partial charge in [-0.25, -0.2) is 4.79 Å². The molecule has 21 heavy (non-hydrogen) atoms. The van der Waals surface area contributed by atoms with Gasteiger partial charge in [-0.3, -0.25) is 9.59 Å². The number of hydrogen-bond donors (Lipinski definition) is 1. The summed E-state index contributed by atoms with van der Waals surface area (Å²) in [6.45, 7) is 0.777. The maximum Gasteiger partial charge on any atom is 0.336 e. The average molecular weight is 299 g/mol. The Kier molecular flexibility index (Phi) is 5.17.